The zero-order valence-electron chi connectivity index (χ0n) is 24.1. The molecule has 0 bridgehead atoms. The normalized spacial score (nSPS) is 13.6. The second-order valence-corrected chi connectivity index (χ2v) is 17.4. The van der Waals surface area contributed by atoms with Crippen LogP contribution < -0.4 is 9.74 Å². The number of hydrogen-bond donors (Lipinski definition) is 1. The van der Waals surface area contributed by atoms with Gasteiger partial charge >= 0.3 is 12.1 Å². The molecule has 0 spiro atoms. The number of carbonyl (C=O) groups is 2. The van der Waals surface area contributed by atoms with E-state index >= 15 is 0 Å². The van der Waals surface area contributed by atoms with Crippen LogP contribution in [0.4, 0.5) is 4.79 Å². The fourth-order valence-corrected chi connectivity index (χ4v) is 4.00. The Labute approximate surface area is 221 Å². The molecule has 0 aliphatic rings. The summed E-state index contributed by atoms with van der Waals surface area (Å²) < 4.78 is 17.1. The van der Waals surface area contributed by atoms with Crippen molar-refractivity contribution >= 4 is 20.4 Å². The van der Waals surface area contributed by atoms with E-state index in [0.717, 1.165) is 11.3 Å². The van der Waals surface area contributed by atoms with Gasteiger partial charge in [0.2, 0.25) is 14.1 Å². The van der Waals surface area contributed by atoms with Crippen LogP contribution in [0.15, 0.2) is 24.3 Å². The van der Waals surface area contributed by atoms with Crippen LogP contribution >= 0.6 is 0 Å². The zero-order chi connectivity index (χ0) is 28.2. The van der Waals surface area contributed by atoms with Gasteiger partial charge < -0.3 is 19.2 Å². The third-order valence-electron chi connectivity index (χ3n) is 5.68. The third-order valence-corrected chi connectivity index (χ3v) is 10.0. The van der Waals surface area contributed by atoms with Gasteiger partial charge in [0.15, 0.2) is 0 Å². The molecule has 0 radical (unpaired) electrons. The quantitative estimate of drug-likeness (QED) is 0.356. The molecule has 1 heterocycles. The van der Waals surface area contributed by atoms with Gasteiger partial charge in [-0.2, -0.15) is 4.80 Å². The summed E-state index contributed by atoms with van der Waals surface area (Å²) >= 11 is 0. The highest BCUT2D eigenvalue weighted by Gasteiger charge is 2.39. The number of tetrazole rings is 1. The predicted octanol–water partition coefficient (Wildman–Crippen LogP) is 5.35. The second-order valence-electron chi connectivity index (χ2n) is 12.7. The minimum absolute atomic E-state index is 0.0765. The summed E-state index contributed by atoms with van der Waals surface area (Å²) in [6, 6.07) is 6.94. The van der Waals surface area contributed by atoms with Crippen LogP contribution in [0.25, 0.3) is 11.4 Å². The Morgan fingerprint density at radius 3 is 2.03 bits per heavy atom. The number of alkyl carbamates (subject to hydrolysis) is 1. The average Bonchev–Trinajstić information content (AvgIpc) is 3.12. The number of benzene rings is 1. The molecular weight excluding hydrogens is 490 g/mol. The number of carbonyl (C=O) groups excluding carboxylic acids is 2. The number of nitrogens with zero attached hydrogens (tertiary/aromatic N) is 4. The maximum absolute atomic E-state index is 12.5. The van der Waals surface area contributed by atoms with Crippen LogP contribution in [0.1, 0.15) is 68.7 Å². The van der Waals surface area contributed by atoms with Gasteiger partial charge in [0.05, 0.1) is 19.0 Å². The summed E-state index contributed by atoms with van der Waals surface area (Å²) in [6.07, 6.45) is -0.717. The van der Waals surface area contributed by atoms with Crippen LogP contribution in [0, 0.1) is 0 Å². The number of amides is 1. The molecule has 206 valence electrons. The van der Waals surface area contributed by atoms with Crippen LogP contribution in [-0.2, 0) is 20.8 Å². The lowest BCUT2D eigenvalue weighted by molar-refractivity contribution is -0.155. The van der Waals surface area contributed by atoms with E-state index in [1.54, 1.807) is 41.5 Å². The first-order valence-corrected chi connectivity index (χ1v) is 15.4. The molecule has 1 amide bonds. The van der Waals surface area contributed by atoms with Crippen molar-refractivity contribution < 1.29 is 23.5 Å². The zero-order valence-corrected chi connectivity index (χ0v) is 25.1. The number of hydrogen-bond acceptors (Lipinski definition) is 8. The van der Waals surface area contributed by atoms with Gasteiger partial charge in [-0.25, -0.2) is 4.79 Å². The first-order chi connectivity index (χ1) is 16.7. The Balaban J connectivity index is 2.14. The summed E-state index contributed by atoms with van der Waals surface area (Å²) in [5.74, 6) is 0.778. The minimum Gasteiger partial charge on any atom is -0.544 e. The predicted molar refractivity (Wildman–Crippen MR) is 145 cm³/mol. The van der Waals surface area contributed by atoms with E-state index < -0.39 is 37.6 Å². The molecule has 0 saturated heterocycles. The molecule has 10 nitrogen and oxygen atoms in total. The van der Waals surface area contributed by atoms with Gasteiger partial charge in [0, 0.05) is 5.56 Å². The maximum Gasteiger partial charge on any atom is 0.407 e. The molecule has 1 N–H and O–H groups in total. The Hall–Kier alpha value is -2.95. The van der Waals surface area contributed by atoms with Crippen LogP contribution in [0.2, 0.25) is 18.1 Å². The standard InChI is InChI=1S/C26H43N5O5Si/c1-24(2,3)34-21(32)16-19(27-23(33)35-25(4,5)6)17-31-29-22(28-30-31)18-12-14-20(15-13-18)36-37(10,11)26(7,8)9/h12-15,19H,16-17H2,1-11H3,(H,27,33)/t19-/m1/s1. The van der Waals surface area contributed by atoms with Gasteiger partial charge in [-0.1, -0.05) is 20.8 Å². The summed E-state index contributed by atoms with van der Waals surface area (Å²) in [5.41, 5.74) is -0.551. The third kappa shape index (κ3) is 10.1. The fraction of sp³-hybridized carbons (Fsp3) is 0.654. The molecular formula is C26H43N5O5Si. The molecule has 1 aromatic carbocycles. The van der Waals surface area contributed by atoms with Crippen LogP contribution in [0.5, 0.6) is 5.75 Å². The highest BCUT2D eigenvalue weighted by atomic mass is 28.4. The molecule has 1 atom stereocenters. The Morgan fingerprint density at radius 2 is 1.51 bits per heavy atom. The largest absolute Gasteiger partial charge is 0.544 e. The molecule has 0 saturated carbocycles. The number of nitrogens with one attached hydrogen (secondary N) is 1. The Kier molecular flexibility index (Phi) is 9.16. The molecule has 1 aromatic heterocycles. The molecule has 0 fully saturated rings. The Bertz CT molecular complexity index is 1030. The minimum atomic E-state index is -1.94. The van der Waals surface area contributed by atoms with Crippen molar-refractivity contribution in [2.45, 2.75) is 111 Å². The summed E-state index contributed by atoms with van der Waals surface area (Å²) in [5, 5.41) is 15.5. The Morgan fingerprint density at radius 1 is 0.946 bits per heavy atom. The molecule has 0 aliphatic carbocycles. The van der Waals surface area contributed by atoms with E-state index in [1.165, 1.54) is 4.80 Å². The van der Waals surface area contributed by atoms with Crippen molar-refractivity contribution in [3.8, 4) is 17.1 Å². The number of esters is 1. The fourth-order valence-electron chi connectivity index (χ4n) is 2.97. The van der Waals surface area contributed by atoms with Gasteiger partial charge in [-0.15, -0.1) is 10.2 Å². The number of rotatable bonds is 8. The lowest BCUT2D eigenvalue weighted by atomic mass is 10.1. The summed E-state index contributed by atoms with van der Waals surface area (Å²) in [6.45, 7) is 21.8. The van der Waals surface area contributed by atoms with E-state index in [9.17, 15) is 9.59 Å². The van der Waals surface area contributed by atoms with E-state index in [2.05, 4.69) is 54.6 Å². The van der Waals surface area contributed by atoms with Gasteiger partial charge in [-0.05, 0) is 89.2 Å². The van der Waals surface area contributed by atoms with Gasteiger partial charge in [-0.3, -0.25) is 4.79 Å². The van der Waals surface area contributed by atoms with Crippen molar-refractivity contribution in [3.05, 3.63) is 24.3 Å². The van der Waals surface area contributed by atoms with Gasteiger partial charge in [0.1, 0.15) is 17.0 Å². The molecule has 0 aliphatic heterocycles. The topological polar surface area (TPSA) is 117 Å². The molecule has 11 heteroatoms. The highest BCUT2D eigenvalue weighted by molar-refractivity contribution is 6.74. The van der Waals surface area contributed by atoms with Crippen molar-refractivity contribution in [1.82, 2.24) is 25.5 Å². The first-order valence-electron chi connectivity index (χ1n) is 12.5. The van der Waals surface area contributed by atoms with E-state index in [1.807, 2.05) is 24.3 Å². The molecule has 37 heavy (non-hydrogen) atoms. The first kappa shape index (κ1) is 30.3. The van der Waals surface area contributed by atoms with E-state index in [4.69, 9.17) is 13.9 Å². The second kappa shape index (κ2) is 11.2. The lowest BCUT2D eigenvalue weighted by Crippen LogP contribution is -2.43. The molecule has 2 rings (SSSR count). The highest BCUT2D eigenvalue weighted by Crippen LogP contribution is 2.37. The van der Waals surface area contributed by atoms with Crippen molar-refractivity contribution in [3.63, 3.8) is 0 Å². The average molecular weight is 534 g/mol. The SMILES string of the molecule is CC(C)(C)OC(=O)C[C@H](Cn1nnc(-c2ccc(O[Si](C)(C)C(C)(C)C)cc2)n1)NC(=O)OC(C)(C)C. The number of aromatic nitrogens is 4. The van der Waals surface area contributed by atoms with E-state index in [0.29, 0.717) is 5.82 Å². The smallest absolute Gasteiger partial charge is 0.407 e. The molecule has 0 unspecified atom stereocenters. The van der Waals surface area contributed by atoms with E-state index in [-0.39, 0.29) is 18.0 Å². The maximum atomic E-state index is 12.5. The van der Waals surface area contributed by atoms with Crippen molar-refractivity contribution in [2.75, 3.05) is 0 Å². The van der Waals surface area contributed by atoms with Crippen LogP contribution in [0.3, 0.4) is 0 Å². The lowest BCUT2D eigenvalue weighted by Gasteiger charge is -2.36. The summed E-state index contributed by atoms with van der Waals surface area (Å²) in [4.78, 5) is 26.2. The monoisotopic (exact) mass is 533 g/mol. The van der Waals surface area contributed by atoms with Crippen LogP contribution in [-0.4, -0.2) is 57.8 Å². The number of ether oxygens (including phenoxy) is 2. The molecule has 2 aromatic rings. The summed E-state index contributed by atoms with van der Waals surface area (Å²) in [7, 11) is -1.94. The van der Waals surface area contributed by atoms with Crippen molar-refractivity contribution in [2.24, 2.45) is 0 Å². The van der Waals surface area contributed by atoms with Gasteiger partial charge in [0.25, 0.3) is 0 Å². The van der Waals surface area contributed by atoms with Crippen molar-refractivity contribution in [1.29, 1.82) is 0 Å².